The first kappa shape index (κ1) is 15.9. The molecular formula is C17H22O3S. The van der Waals surface area contributed by atoms with Crippen LogP contribution in [0.15, 0.2) is 35.7 Å². The number of benzene rings is 1. The summed E-state index contributed by atoms with van der Waals surface area (Å²) in [5.41, 5.74) is 0.313. The van der Waals surface area contributed by atoms with Gasteiger partial charge in [-0.3, -0.25) is 0 Å². The van der Waals surface area contributed by atoms with Crippen LogP contribution in [0.1, 0.15) is 23.8 Å². The Balaban J connectivity index is 2.01. The van der Waals surface area contributed by atoms with Crippen molar-refractivity contribution in [3.05, 3.63) is 46.2 Å². The van der Waals surface area contributed by atoms with Gasteiger partial charge in [0.25, 0.3) is 0 Å². The molecule has 1 atom stereocenters. The number of hydrogen-bond acceptors (Lipinski definition) is 4. The second-order valence-corrected chi connectivity index (χ2v) is 6.47. The SMILES string of the molecule is COc1ccc(CC(C)(O)CCc2cccs2)cc1OC. The predicted octanol–water partition coefficient (Wildman–Crippen LogP) is 3.69. The van der Waals surface area contributed by atoms with Crippen LogP contribution in [0.4, 0.5) is 0 Å². The van der Waals surface area contributed by atoms with E-state index < -0.39 is 5.60 Å². The Kier molecular flexibility index (Phi) is 5.26. The first-order valence-corrected chi connectivity index (χ1v) is 7.88. The zero-order valence-electron chi connectivity index (χ0n) is 12.8. The van der Waals surface area contributed by atoms with Crippen molar-refractivity contribution in [3.63, 3.8) is 0 Å². The molecule has 2 rings (SSSR count). The van der Waals surface area contributed by atoms with Crippen LogP contribution in [0.25, 0.3) is 0 Å². The highest BCUT2D eigenvalue weighted by Gasteiger charge is 2.21. The van der Waals surface area contributed by atoms with Crippen LogP contribution in [0.3, 0.4) is 0 Å². The number of aryl methyl sites for hydroxylation is 1. The molecule has 1 aromatic heterocycles. The van der Waals surface area contributed by atoms with Gasteiger partial charge in [0.2, 0.25) is 0 Å². The lowest BCUT2D eigenvalue weighted by atomic mass is 9.91. The summed E-state index contributed by atoms with van der Waals surface area (Å²) in [5.74, 6) is 1.41. The lowest BCUT2D eigenvalue weighted by molar-refractivity contribution is 0.0517. The molecule has 0 bridgehead atoms. The second kappa shape index (κ2) is 6.96. The minimum Gasteiger partial charge on any atom is -0.493 e. The van der Waals surface area contributed by atoms with Crippen LogP contribution < -0.4 is 9.47 Å². The van der Waals surface area contributed by atoms with Gasteiger partial charge in [0, 0.05) is 11.3 Å². The number of methoxy groups -OCH3 is 2. The van der Waals surface area contributed by atoms with Crippen molar-refractivity contribution in [3.8, 4) is 11.5 Å². The quantitative estimate of drug-likeness (QED) is 0.848. The number of hydrogen-bond donors (Lipinski definition) is 1. The van der Waals surface area contributed by atoms with E-state index in [9.17, 15) is 5.11 Å². The molecule has 0 aliphatic rings. The molecule has 0 aliphatic heterocycles. The highest BCUT2D eigenvalue weighted by Crippen LogP contribution is 2.30. The first-order chi connectivity index (χ1) is 10.0. The van der Waals surface area contributed by atoms with Crippen LogP contribution in [0, 0.1) is 0 Å². The van der Waals surface area contributed by atoms with Gasteiger partial charge in [0.1, 0.15) is 0 Å². The number of rotatable bonds is 7. The highest BCUT2D eigenvalue weighted by molar-refractivity contribution is 7.09. The summed E-state index contributed by atoms with van der Waals surface area (Å²) in [4.78, 5) is 1.31. The fraction of sp³-hybridized carbons (Fsp3) is 0.412. The second-order valence-electron chi connectivity index (χ2n) is 5.44. The maximum atomic E-state index is 10.6. The van der Waals surface area contributed by atoms with E-state index in [1.807, 2.05) is 31.2 Å². The molecule has 1 N–H and O–H groups in total. The summed E-state index contributed by atoms with van der Waals surface area (Å²) in [7, 11) is 3.24. The van der Waals surface area contributed by atoms with Crippen LogP contribution in [0.5, 0.6) is 11.5 Å². The van der Waals surface area contributed by atoms with Crippen molar-refractivity contribution >= 4 is 11.3 Å². The monoisotopic (exact) mass is 306 g/mol. The van der Waals surface area contributed by atoms with Gasteiger partial charge in [0.15, 0.2) is 11.5 Å². The number of aliphatic hydroxyl groups is 1. The molecule has 1 aromatic carbocycles. The fourth-order valence-electron chi connectivity index (χ4n) is 2.37. The normalized spacial score (nSPS) is 13.7. The molecule has 0 saturated heterocycles. The average molecular weight is 306 g/mol. The van der Waals surface area contributed by atoms with Gasteiger partial charge in [-0.15, -0.1) is 11.3 Å². The van der Waals surface area contributed by atoms with Crippen LogP contribution >= 0.6 is 11.3 Å². The van der Waals surface area contributed by atoms with Crippen molar-refractivity contribution in [2.75, 3.05) is 14.2 Å². The molecule has 2 aromatic rings. The molecular weight excluding hydrogens is 284 g/mol. The molecule has 0 saturated carbocycles. The van der Waals surface area contributed by atoms with E-state index in [-0.39, 0.29) is 0 Å². The van der Waals surface area contributed by atoms with Crippen molar-refractivity contribution in [1.29, 1.82) is 0 Å². The first-order valence-electron chi connectivity index (χ1n) is 7.00. The molecule has 1 heterocycles. The van der Waals surface area contributed by atoms with Gasteiger partial charge >= 0.3 is 0 Å². The van der Waals surface area contributed by atoms with Crippen LogP contribution in [-0.4, -0.2) is 24.9 Å². The van der Waals surface area contributed by atoms with E-state index in [2.05, 4.69) is 11.4 Å². The highest BCUT2D eigenvalue weighted by atomic mass is 32.1. The van der Waals surface area contributed by atoms with E-state index in [0.717, 1.165) is 18.4 Å². The molecule has 114 valence electrons. The summed E-state index contributed by atoms with van der Waals surface area (Å²) >= 11 is 1.73. The fourth-order valence-corrected chi connectivity index (χ4v) is 3.08. The van der Waals surface area contributed by atoms with Gasteiger partial charge in [-0.1, -0.05) is 12.1 Å². The summed E-state index contributed by atoms with van der Waals surface area (Å²) in [6, 6.07) is 9.93. The van der Waals surface area contributed by atoms with Crippen molar-refractivity contribution in [2.45, 2.75) is 31.8 Å². The van der Waals surface area contributed by atoms with Gasteiger partial charge in [-0.2, -0.15) is 0 Å². The average Bonchev–Trinajstić information content (AvgIpc) is 2.98. The van der Waals surface area contributed by atoms with Gasteiger partial charge < -0.3 is 14.6 Å². The summed E-state index contributed by atoms with van der Waals surface area (Å²) < 4.78 is 10.5. The minimum absolute atomic E-state index is 0.596. The van der Waals surface area contributed by atoms with Crippen molar-refractivity contribution < 1.29 is 14.6 Å². The Morgan fingerprint density at radius 2 is 1.90 bits per heavy atom. The van der Waals surface area contributed by atoms with Crippen LogP contribution in [-0.2, 0) is 12.8 Å². The Morgan fingerprint density at radius 1 is 1.14 bits per heavy atom. The minimum atomic E-state index is -0.733. The molecule has 0 amide bonds. The Hall–Kier alpha value is -1.52. The lowest BCUT2D eigenvalue weighted by Gasteiger charge is -2.23. The van der Waals surface area contributed by atoms with Crippen molar-refractivity contribution in [2.24, 2.45) is 0 Å². The van der Waals surface area contributed by atoms with Crippen LogP contribution in [0.2, 0.25) is 0 Å². The zero-order chi connectivity index (χ0) is 15.3. The van der Waals surface area contributed by atoms with E-state index >= 15 is 0 Å². The predicted molar refractivity (Wildman–Crippen MR) is 86.5 cm³/mol. The molecule has 1 unspecified atom stereocenters. The van der Waals surface area contributed by atoms with E-state index in [0.29, 0.717) is 17.9 Å². The van der Waals surface area contributed by atoms with Gasteiger partial charge in [0.05, 0.1) is 19.8 Å². The molecule has 0 radical (unpaired) electrons. The zero-order valence-corrected chi connectivity index (χ0v) is 13.6. The maximum absolute atomic E-state index is 10.6. The third kappa shape index (κ3) is 4.48. The number of thiophene rings is 1. The Bertz CT molecular complexity index is 561. The maximum Gasteiger partial charge on any atom is 0.160 e. The topological polar surface area (TPSA) is 38.7 Å². The van der Waals surface area contributed by atoms with Gasteiger partial charge in [-0.25, -0.2) is 0 Å². The van der Waals surface area contributed by atoms with Crippen molar-refractivity contribution in [1.82, 2.24) is 0 Å². The number of ether oxygens (including phenoxy) is 2. The lowest BCUT2D eigenvalue weighted by Crippen LogP contribution is -2.27. The summed E-state index contributed by atoms with van der Waals surface area (Å²) in [5, 5.41) is 12.7. The molecule has 0 fully saturated rings. The molecule has 21 heavy (non-hydrogen) atoms. The largest absolute Gasteiger partial charge is 0.493 e. The standard InChI is InChI=1S/C17H22O3S/c1-17(18,9-8-14-5-4-10-21-14)12-13-6-7-15(19-2)16(11-13)20-3/h4-7,10-11,18H,8-9,12H2,1-3H3. The van der Waals surface area contributed by atoms with E-state index in [4.69, 9.17) is 9.47 Å². The van der Waals surface area contributed by atoms with E-state index in [1.54, 1.807) is 25.6 Å². The van der Waals surface area contributed by atoms with E-state index in [1.165, 1.54) is 4.88 Å². The summed E-state index contributed by atoms with van der Waals surface area (Å²) in [6.07, 6.45) is 2.23. The van der Waals surface area contributed by atoms with Gasteiger partial charge in [-0.05, 0) is 48.9 Å². The molecule has 3 nitrogen and oxygen atoms in total. The molecule has 0 aliphatic carbocycles. The Morgan fingerprint density at radius 3 is 2.52 bits per heavy atom. The Labute approximate surface area is 130 Å². The third-order valence-electron chi connectivity index (χ3n) is 3.52. The molecule has 4 heteroatoms. The smallest absolute Gasteiger partial charge is 0.160 e. The molecule has 0 spiro atoms. The third-order valence-corrected chi connectivity index (χ3v) is 4.46. The summed E-state index contributed by atoms with van der Waals surface area (Å²) in [6.45, 7) is 1.89.